The fourth-order valence-electron chi connectivity index (χ4n) is 3.18. The largest absolute Gasteiger partial charge is 0.352 e. The number of amides is 1. The number of anilines is 1. The van der Waals surface area contributed by atoms with Crippen molar-refractivity contribution in [2.75, 3.05) is 11.3 Å². The third-order valence-electron chi connectivity index (χ3n) is 4.75. The van der Waals surface area contributed by atoms with Crippen molar-refractivity contribution in [2.24, 2.45) is 0 Å². The molecule has 0 radical (unpaired) electrons. The normalized spacial score (nSPS) is 11.4. The Morgan fingerprint density at radius 2 is 1.75 bits per heavy atom. The monoisotopic (exact) mass is 451 g/mol. The van der Waals surface area contributed by atoms with E-state index in [1.54, 1.807) is 60.8 Å². The summed E-state index contributed by atoms with van der Waals surface area (Å²) in [5.74, 6) is -0.340. The molecule has 2 aromatic heterocycles. The lowest BCUT2D eigenvalue weighted by Gasteiger charge is -2.10. The molecule has 0 atom stereocenters. The summed E-state index contributed by atoms with van der Waals surface area (Å²) in [6, 6.07) is 19.6. The van der Waals surface area contributed by atoms with Gasteiger partial charge in [-0.15, -0.1) is 5.10 Å². The molecule has 32 heavy (non-hydrogen) atoms. The average Bonchev–Trinajstić information content (AvgIpc) is 3.13. The first-order chi connectivity index (χ1) is 15.4. The highest BCUT2D eigenvalue weighted by atomic mass is 32.2. The first-order valence-electron chi connectivity index (χ1n) is 9.94. The highest BCUT2D eigenvalue weighted by molar-refractivity contribution is 7.92. The van der Waals surface area contributed by atoms with Crippen molar-refractivity contribution in [2.45, 2.75) is 17.9 Å². The van der Waals surface area contributed by atoms with E-state index in [0.29, 0.717) is 30.7 Å². The Kier molecular flexibility index (Phi) is 6.04. The molecule has 0 unspecified atom stereocenters. The zero-order chi connectivity index (χ0) is 22.6. The van der Waals surface area contributed by atoms with Gasteiger partial charge < -0.3 is 5.32 Å². The van der Waals surface area contributed by atoms with Crippen LogP contribution in [0.25, 0.3) is 5.65 Å². The lowest BCUT2D eigenvalue weighted by atomic mass is 10.2. The van der Waals surface area contributed by atoms with Gasteiger partial charge >= 0.3 is 5.69 Å². The number of hydrogen-bond donors (Lipinski definition) is 2. The molecule has 0 saturated heterocycles. The molecule has 0 aliphatic rings. The van der Waals surface area contributed by atoms with Crippen LogP contribution in [0.15, 0.2) is 88.7 Å². The number of benzene rings is 2. The molecule has 0 fully saturated rings. The van der Waals surface area contributed by atoms with E-state index in [-0.39, 0.29) is 22.2 Å². The van der Waals surface area contributed by atoms with Crippen LogP contribution in [-0.4, -0.2) is 35.1 Å². The minimum absolute atomic E-state index is 0.136. The number of rotatable bonds is 8. The fourth-order valence-corrected chi connectivity index (χ4v) is 4.25. The third kappa shape index (κ3) is 4.70. The van der Waals surface area contributed by atoms with Gasteiger partial charge in [-0.1, -0.05) is 30.3 Å². The Hall–Kier alpha value is -3.92. The first-order valence-corrected chi connectivity index (χ1v) is 11.4. The van der Waals surface area contributed by atoms with E-state index in [4.69, 9.17) is 0 Å². The molecule has 2 aromatic carbocycles. The lowest BCUT2D eigenvalue weighted by Crippen LogP contribution is -2.27. The predicted molar refractivity (Wildman–Crippen MR) is 120 cm³/mol. The molecule has 2 N–H and O–H groups in total. The van der Waals surface area contributed by atoms with Gasteiger partial charge in [-0.2, -0.15) is 0 Å². The topological polar surface area (TPSA) is 115 Å². The lowest BCUT2D eigenvalue weighted by molar-refractivity contribution is 0.0952. The van der Waals surface area contributed by atoms with Crippen LogP contribution in [0.1, 0.15) is 16.8 Å². The summed E-state index contributed by atoms with van der Waals surface area (Å²) < 4.78 is 30.2. The molecule has 2 heterocycles. The molecule has 4 rings (SSSR count). The average molecular weight is 452 g/mol. The molecule has 0 spiro atoms. The summed E-state index contributed by atoms with van der Waals surface area (Å²) in [6.07, 6.45) is 2.16. The van der Waals surface area contributed by atoms with Gasteiger partial charge in [0.2, 0.25) is 0 Å². The number of nitrogens with one attached hydrogen (secondary N) is 2. The molecule has 0 saturated carbocycles. The van der Waals surface area contributed by atoms with Crippen LogP contribution in [0.3, 0.4) is 0 Å². The summed E-state index contributed by atoms with van der Waals surface area (Å²) in [7, 11) is -3.75. The van der Waals surface area contributed by atoms with Crippen molar-refractivity contribution in [3.63, 3.8) is 0 Å². The van der Waals surface area contributed by atoms with Crippen molar-refractivity contribution >= 4 is 27.3 Å². The van der Waals surface area contributed by atoms with Crippen molar-refractivity contribution in [3.8, 4) is 0 Å². The van der Waals surface area contributed by atoms with Crippen LogP contribution in [0.5, 0.6) is 0 Å². The van der Waals surface area contributed by atoms with Crippen molar-refractivity contribution in [3.05, 3.63) is 95.0 Å². The summed E-state index contributed by atoms with van der Waals surface area (Å²) >= 11 is 0. The van der Waals surface area contributed by atoms with Gasteiger partial charge in [-0.3, -0.25) is 13.9 Å². The van der Waals surface area contributed by atoms with Crippen molar-refractivity contribution in [1.29, 1.82) is 0 Å². The maximum Gasteiger partial charge on any atom is 0.350 e. The van der Waals surface area contributed by atoms with E-state index in [0.717, 1.165) is 0 Å². The van der Waals surface area contributed by atoms with E-state index in [2.05, 4.69) is 15.1 Å². The maximum atomic E-state index is 12.5. The van der Waals surface area contributed by atoms with Gasteiger partial charge in [0.25, 0.3) is 15.9 Å². The number of nitrogens with zero attached hydrogens (tertiary/aromatic N) is 3. The van der Waals surface area contributed by atoms with E-state index in [1.165, 1.54) is 27.3 Å². The smallest absolute Gasteiger partial charge is 0.350 e. The van der Waals surface area contributed by atoms with E-state index >= 15 is 0 Å². The zero-order valence-electron chi connectivity index (χ0n) is 17.0. The second-order valence-corrected chi connectivity index (χ2v) is 8.73. The molecule has 0 aliphatic carbocycles. The molecular weight excluding hydrogens is 430 g/mol. The van der Waals surface area contributed by atoms with E-state index in [9.17, 15) is 18.0 Å². The second kappa shape index (κ2) is 9.06. The van der Waals surface area contributed by atoms with Crippen LogP contribution in [-0.2, 0) is 16.6 Å². The third-order valence-corrected chi connectivity index (χ3v) is 6.15. The number of hydrogen-bond acceptors (Lipinski definition) is 5. The van der Waals surface area contributed by atoms with Crippen LogP contribution in [0.2, 0.25) is 0 Å². The van der Waals surface area contributed by atoms with Gasteiger partial charge in [0.1, 0.15) is 0 Å². The standard InChI is InChI=1S/C22H21N5O4S/c28-21(23-13-7-15-27-22(29)26-14-5-4-12-20(26)24-27)17-8-6-9-18(16-17)25-32(30,31)19-10-2-1-3-11-19/h1-6,8-12,14,16,25H,7,13,15H2,(H,23,28). The number of fused-ring (bicyclic) bond motifs is 1. The summed E-state index contributed by atoms with van der Waals surface area (Å²) in [4.78, 5) is 24.9. The Morgan fingerprint density at radius 1 is 0.969 bits per heavy atom. The van der Waals surface area contributed by atoms with Crippen LogP contribution in [0.4, 0.5) is 5.69 Å². The quantitative estimate of drug-likeness (QED) is 0.398. The first kappa shape index (κ1) is 21.3. The Bertz CT molecular complexity index is 1410. The van der Waals surface area contributed by atoms with Gasteiger partial charge in [0, 0.05) is 30.5 Å². The van der Waals surface area contributed by atoms with Crippen LogP contribution < -0.4 is 15.7 Å². The molecule has 1 amide bonds. The van der Waals surface area contributed by atoms with Gasteiger partial charge in [-0.05, 0) is 48.9 Å². The molecular formula is C22H21N5O4S. The van der Waals surface area contributed by atoms with E-state index < -0.39 is 10.0 Å². The van der Waals surface area contributed by atoms with Crippen LogP contribution >= 0.6 is 0 Å². The molecule has 0 bridgehead atoms. The molecule has 4 aromatic rings. The minimum Gasteiger partial charge on any atom is -0.352 e. The van der Waals surface area contributed by atoms with Crippen molar-refractivity contribution in [1.82, 2.24) is 19.5 Å². The molecule has 0 aliphatic heterocycles. The Balaban J connectivity index is 1.34. The highest BCUT2D eigenvalue weighted by Crippen LogP contribution is 2.17. The number of carbonyl (C=O) groups is 1. The molecule has 164 valence electrons. The summed E-state index contributed by atoms with van der Waals surface area (Å²) in [5, 5.41) is 7.03. The Morgan fingerprint density at radius 3 is 2.53 bits per heavy atom. The summed E-state index contributed by atoms with van der Waals surface area (Å²) in [6.45, 7) is 0.691. The number of aromatic nitrogens is 3. The Labute approximate surface area is 184 Å². The number of sulfonamides is 1. The number of pyridine rings is 1. The zero-order valence-corrected chi connectivity index (χ0v) is 17.8. The second-order valence-electron chi connectivity index (χ2n) is 7.04. The van der Waals surface area contributed by atoms with Gasteiger partial charge in [0.05, 0.1) is 4.90 Å². The van der Waals surface area contributed by atoms with E-state index in [1.807, 2.05) is 0 Å². The van der Waals surface area contributed by atoms with Gasteiger partial charge in [-0.25, -0.2) is 17.9 Å². The minimum atomic E-state index is -3.75. The SMILES string of the molecule is O=C(NCCCn1nc2ccccn2c1=O)c1cccc(NS(=O)(=O)c2ccccc2)c1. The van der Waals surface area contributed by atoms with Crippen LogP contribution in [0, 0.1) is 0 Å². The summed E-state index contributed by atoms with van der Waals surface area (Å²) in [5.41, 5.74) is 0.947. The van der Waals surface area contributed by atoms with Crippen molar-refractivity contribution < 1.29 is 13.2 Å². The predicted octanol–water partition coefficient (Wildman–Crippen LogP) is 2.12. The van der Waals surface area contributed by atoms with Gasteiger partial charge in [0.15, 0.2) is 5.65 Å². The molecule has 10 heteroatoms. The fraction of sp³-hybridized carbons (Fsp3) is 0.136. The number of carbonyl (C=O) groups excluding carboxylic acids is 1. The number of aryl methyl sites for hydroxylation is 1. The highest BCUT2D eigenvalue weighted by Gasteiger charge is 2.14. The molecule has 9 nitrogen and oxygen atoms in total. The maximum absolute atomic E-state index is 12.5.